The second-order valence-corrected chi connectivity index (χ2v) is 2.59. The molecule has 0 fully saturated rings. The van der Waals surface area contributed by atoms with Crippen molar-refractivity contribution in [3.63, 3.8) is 0 Å². The molecule has 11 heavy (non-hydrogen) atoms. The molecule has 0 spiro atoms. The Kier molecular flexibility index (Phi) is 4.86. The summed E-state index contributed by atoms with van der Waals surface area (Å²) >= 11 is 0. The fourth-order valence-corrected chi connectivity index (χ4v) is 1.09. The molecule has 0 bridgehead atoms. The molecule has 0 rings (SSSR count). The number of nitrogens with one attached hydrogen (secondary N) is 1. The van der Waals surface area contributed by atoms with Gasteiger partial charge in [-0.25, -0.2) is 0 Å². The van der Waals surface area contributed by atoms with E-state index < -0.39 is 0 Å². The molecule has 0 atom stereocenters. The summed E-state index contributed by atoms with van der Waals surface area (Å²) in [4.78, 5) is 10.0. The van der Waals surface area contributed by atoms with Crippen LogP contribution >= 0.6 is 0 Å². The zero-order chi connectivity index (χ0) is 8.74. The third-order valence-electron chi connectivity index (χ3n) is 2.23. The summed E-state index contributed by atoms with van der Waals surface area (Å²) in [6.07, 6.45) is 2.54. The van der Waals surface area contributed by atoms with E-state index in [9.17, 15) is 4.79 Å². The lowest BCUT2D eigenvalue weighted by Crippen LogP contribution is -2.40. The first-order valence-corrected chi connectivity index (χ1v) is 3.97. The summed E-state index contributed by atoms with van der Waals surface area (Å²) in [6, 6.07) is 0. The SMILES string of the molecule is CCC(CC)(CNC=O)OC. The highest BCUT2D eigenvalue weighted by Crippen LogP contribution is 2.17. The molecule has 0 aromatic carbocycles. The van der Waals surface area contributed by atoms with E-state index in [1.54, 1.807) is 7.11 Å². The van der Waals surface area contributed by atoms with E-state index in [1.165, 1.54) is 0 Å². The van der Waals surface area contributed by atoms with Crippen LogP contribution in [0.25, 0.3) is 0 Å². The number of amides is 1. The average molecular weight is 159 g/mol. The minimum atomic E-state index is -0.166. The van der Waals surface area contributed by atoms with Gasteiger partial charge in [-0.1, -0.05) is 13.8 Å². The van der Waals surface area contributed by atoms with Crippen LogP contribution in [0.3, 0.4) is 0 Å². The van der Waals surface area contributed by atoms with Crippen molar-refractivity contribution in [2.45, 2.75) is 32.3 Å². The number of carbonyl (C=O) groups excluding carboxylic acids is 1. The molecular formula is C8H17NO2. The van der Waals surface area contributed by atoms with Crippen LogP contribution in [0.5, 0.6) is 0 Å². The monoisotopic (exact) mass is 159 g/mol. The largest absolute Gasteiger partial charge is 0.376 e. The molecule has 0 aromatic rings. The van der Waals surface area contributed by atoms with Crippen LogP contribution in [0.4, 0.5) is 0 Å². The van der Waals surface area contributed by atoms with E-state index in [4.69, 9.17) is 4.74 Å². The van der Waals surface area contributed by atoms with E-state index in [2.05, 4.69) is 19.2 Å². The van der Waals surface area contributed by atoms with Gasteiger partial charge in [-0.3, -0.25) is 4.79 Å². The first-order chi connectivity index (χ1) is 5.24. The third-order valence-corrected chi connectivity index (χ3v) is 2.23. The highest BCUT2D eigenvalue weighted by atomic mass is 16.5. The molecule has 1 N–H and O–H groups in total. The van der Waals surface area contributed by atoms with Crippen LogP contribution in [0.1, 0.15) is 26.7 Å². The van der Waals surface area contributed by atoms with Crippen molar-refractivity contribution in [1.29, 1.82) is 0 Å². The predicted molar refractivity (Wildman–Crippen MR) is 44.4 cm³/mol. The van der Waals surface area contributed by atoms with Gasteiger partial charge in [0, 0.05) is 13.7 Å². The van der Waals surface area contributed by atoms with Crippen LogP contribution < -0.4 is 5.32 Å². The summed E-state index contributed by atoms with van der Waals surface area (Å²) in [6.45, 7) is 4.71. The average Bonchev–Trinajstić information content (AvgIpc) is 2.08. The Bertz CT molecular complexity index is 102. The van der Waals surface area contributed by atoms with Gasteiger partial charge in [0.2, 0.25) is 6.41 Å². The molecular weight excluding hydrogens is 142 g/mol. The zero-order valence-corrected chi connectivity index (χ0v) is 7.52. The quantitative estimate of drug-likeness (QED) is 0.586. The van der Waals surface area contributed by atoms with Crippen LogP contribution in [0, 0.1) is 0 Å². The number of ether oxygens (including phenoxy) is 1. The van der Waals surface area contributed by atoms with Gasteiger partial charge in [0.05, 0.1) is 5.60 Å². The topological polar surface area (TPSA) is 38.3 Å². The third kappa shape index (κ3) is 2.89. The Balaban J connectivity index is 3.93. The molecule has 0 aliphatic rings. The van der Waals surface area contributed by atoms with Crippen molar-refractivity contribution in [2.24, 2.45) is 0 Å². The maximum atomic E-state index is 10.0. The van der Waals surface area contributed by atoms with E-state index in [1.807, 2.05) is 0 Å². The first kappa shape index (κ1) is 10.4. The Morgan fingerprint density at radius 1 is 1.45 bits per heavy atom. The number of hydrogen-bond acceptors (Lipinski definition) is 2. The summed E-state index contributed by atoms with van der Waals surface area (Å²) in [5, 5.41) is 2.64. The van der Waals surface area contributed by atoms with Crippen molar-refractivity contribution in [2.75, 3.05) is 13.7 Å². The molecule has 0 aliphatic carbocycles. The van der Waals surface area contributed by atoms with E-state index >= 15 is 0 Å². The van der Waals surface area contributed by atoms with Crippen molar-refractivity contribution >= 4 is 6.41 Å². The highest BCUT2D eigenvalue weighted by molar-refractivity contribution is 5.46. The van der Waals surface area contributed by atoms with Crippen LogP contribution in [0.2, 0.25) is 0 Å². The fraction of sp³-hybridized carbons (Fsp3) is 0.875. The second kappa shape index (κ2) is 5.13. The molecule has 0 saturated carbocycles. The number of rotatable bonds is 6. The molecule has 0 heterocycles. The molecule has 3 heteroatoms. The van der Waals surface area contributed by atoms with Gasteiger partial charge in [-0.2, -0.15) is 0 Å². The number of methoxy groups -OCH3 is 1. The molecule has 0 aromatic heterocycles. The summed E-state index contributed by atoms with van der Waals surface area (Å²) in [5.41, 5.74) is -0.166. The Hall–Kier alpha value is -0.570. The molecule has 0 saturated heterocycles. The smallest absolute Gasteiger partial charge is 0.207 e. The van der Waals surface area contributed by atoms with E-state index in [-0.39, 0.29) is 5.60 Å². The van der Waals surface area contributed by atoms with Gasteiger partial charge in [-0.05, 0) is 12.8 Å². The summed E-state index contributed by atoms with van der Waals surface area (Å²) < 4.78 is 5.32. The number of hydrogen-bond donors (Lipinski definition) is 1. The Morgan fingerprint density at radius 3 is 2.27 bits per heavy atom. The van der Waals surface area contributed by atoms with E-state index in [0.717, 1.165) is 12.8 Å². The van der Waals surface area contributed by atoms with Crippen LogP contribution in [-0.4, -0.2) is 25.7 Å². The second-order valence-electron chi connectivity index (χ2n) is 2.59. The lowest BCUT2D eigenvalue weighted by atomic mass is 9.97. The molecule has 0 radical (unpaired) electrons. The van der Waals surface area contributed by atoms with Gasteiger partial charge < -0.3 is 10.1 Å². The predicted octanol–water partition coefficient (Wildman–Crippen LogP) is 0.938. The minimum Gasteiger partial charge on any atom is -0.376 e. The maximum absolute atomic E-state index is 10.0. The maximum Gasteiger partial charge on any atom is 0.207 e. The molecule has 3 nitrogen and oxygen atoms in total. The zero-order valence-electron chi connectivity index (χ0n) is 7.52. The van der Waals surface area contributed by atoms with Crippen LogP contribution in [-0.2, 0) is 9.53 Å². The van der Waals surface area contributed by atoms with Gasteiger partial charge in [0.1, 0.15) is 0 Å². The normalized spacial score (nSPS) is 11.2. The lowest BCUT2D eigenvalue weighted by Gasteiger charge is -2.29. The molecule has 0 aliphatic heterocycles. The van der Waals surface area contributed by atoms with E-state index in [0.29, 0.717) is 13.0 Å². The van der Waals surface area contributed by atoms with Gasteiger partial charge in [-0.15, -0.1) is 0 Å². The Labute approximate surface area is 68.1 Å². The Morgan fingerprint density at radius 2 is 2.00 bits per heavy atom. The van der Waals surface area contributed by atoms with Gasteiger partial charge in [0.25, 0.3) is 0 Å². The number of carbonyl (C=O) groups is 1. The molecule has 66 valence electrons. The summed E-state index contributed by atoms with van der Waals surface area (Å²) in [5.74, 6) is 0. The molecule has 1 amide bonds. The standard InChI is InChI=1S/C8H17NO2/c1-4-8(5-2,11-3)6-9-7-10/h7H,4-6H2,1-3H3,(H,9,10). The first-order valence-electron chi connectivity index (χ1n) is 3.97. The summed E-state index contributed by atoms with van der Waals surface area (Å²) in [7, 11) is 1.68. The highest BCUT2D eigenvalue weighted by Gasteiger charge is 2.24. The van der Waals surface area contributed by atoms with Crippen molar-refractivity contribution in [1.82, 2.24) is 5.32 Å². The van der Waals surface area contributed by atoms with Gasteiger partial charge in [0.15, 0.2) is 0 Å². The van der Waals surface area contributed by atoms with Crippen molar-refractivity contribution < 1.29 is 9.53 Å². The molecule has 0 unspecified atom stereocenters. The lowest BCUT2D eigenvalue weighted by molar-refractivity contribution is -0.111. The van der Waals surface area contributed by atoms with Crippen LogP contribution in [0.15, 0.2) is 0 Å². The van der Waals surface area contributed by atoms with Gasteiger partial charge >= 0.3 is 0 Å². The van der Waals surface area contributed by atoms with Crippen molar-refractivity contribution in [3.8, 4) is 0 Å². The minimum absolute atomic E-state index is 0.166. The van der Waals surface area contributed by atoms with Crippen molar-refractivity contribution in [3.05, 3.63) is 0 Å². The fourth-order valence-electron chi connectivity index (χ4n) is 1.09.